The number of hydrogen-bond acceptors (Lipinski definition) is 4. The average molecular weight is 295 g/mol. The van der Waals surface area contributed by atoms with E-state index >= 15 is 0 Å². The minimum Gasteiger partial charge on any atom is -0.467 e. The molecule has 1 aliphatic carbocycles. The van der Waals surface area contributed by atoms with Crippen molar-refractivity contribution >= 4 is 17.7 Å². The molecule has 1 saturated carbocycles. The van der Waals surface area contributed by atoms with E-state index in [1.54, 1.807) is 6.92 Å². The van der Waals surface area contributed by atoms with E-state index in [2.05, 4.69) is 10.1 Å². The largest absolute Gasteiger partial charge is 0.467 e. The Morgan fingerprint density at radius 1 is 1.43 bits per heavy atom. The first-order chi connectivity index (χ1) is 9.99. The van der Waals surface area contributed by atoms with Crippen molar-refractivity contribution in [2.24, 2.45) is 11.8 Å². The summed E-state index contributed by atoms with van der Waals surface area (Å²) in [4.78, 5) is 35.1. The van der Waals surface area contributed by atoms with Gasteiger partial charge < -0.3 is 10.1 Å². The van der Waals surface area contributed by atoms with Crippen LogP contribution in [0.4, 0.5) is 0 Å². The lowest BCUT2D eigenvalue weighted by molar-refractivity contribution is -0.144. The maximum atomic E-state index is 12.0. The summed E-state index contributed by atoms with van der Waals surface area (Å²) < 4.78 is 4.57. The Labute approximate surface area is 126 Å². The lowest BCUT2D eigenvalue weighted by Crippen LogP contribution is -2.40. The van der Waals surface area contributed by atoms with Crippen molar-refractivity contribution in [3.8, 4) is 0 Å². The molecule has 21 heavy (non-hydrogen) atoms. The predicted molar refractivity (Wildman–Crippen MR) is 79.5 cm³/mol. The molecular formula is C16H25NO4. The number of ketones is 1. The summed E-state index contributed by atoms with van der Waals surface area (Å²) >= 11 is 0. The normalized spacial score (nSPS) is 23.3. The summed E-state index contributed by atoms with van der Waals surface area (Å²) in [5.74, 6) is -0.407. The van der Waals surface area contributed by atoms with Crippen LogP contribution < -0.4 is 5.32 Å². The van der Waals surface area contributed by atoms with E-state index in [-0.39, 0.29) is 29.9 Å². The van der Waals surface area contributed by atoms with Gasteiger partial charge >= 0.3 is 5.97 Å². The molecule has 1 fully saturated rings. The molecule has 0 spiro atoms. The van der Waals surface area contributed by atoms with Gasteiger partial charge in [-0.05, 0) is 32.1 Å². The fourth-order valence-electron chi connectivity index (χ4n) is 2.73. The van der Waals surface area contributed by atoms with Crippen LogP contribution in [0.25, 0.3) is 0 Å². The van der Waals surface area contributed by atoms with Crippen molar-refractivity contribution in [2.75, 3.05) is 7.11 Å². The first-order valence-electron chi connectivity index (χ1n) is 7.54. The second-order valence-corrected chi connectivity index (χ2v) is 5.50. The molecule has 1 rings (SSSR count). The minimum atomic E-state index is -0.655. The van der Waals surface area contributed by atoms with E-state index in [9.17, 15) is 14.4 Å². The van der Waals surface area contributed by atoms with Crippen molar-refractivity contribution in [3.63, 3.8) is 0 Å². The Kier molecular flexibility index (Phi) is 7.12. The third-order valence-corrected chi connectivity index (χ3v) is 3.92. The van der Waals surface area contributed by atoms with Crippen molar-refractivity contribution in [3.05, 3.63) is 12.2 Å². The number of esters is 1. The van der Waals surface area contributed by atoms with Crippen LogP contribution in [0.3, 0.4) is 0 Å². The summed E-state index contributed by atoms with van der Waals surface area (Å²) in [6, 6.07) is -0.655. The molecule has 0 aromatic heterocycles. The van der Waals surface area contributed by atoms with E-state index in [1.165, 1.54) is 7.11 Å². The molecule has 1 unspecified atom stereocenters. The zero-order valence-electron chi connectivity index (χ0n) is 13.1. The summed E-state index contributed by atoms with van der Waals surface area (Å²) in [6.07, 6.45) is 7.31. The number of allylic oxidation sites excluding steroid dienone is 2. The fraction of sp³-hybridized carbons (Fsp3) is 0.688. The summed E-state index contributed by atoms with van der Waals surface area (Å²) in [6.45, 7) is 3.64. The number of Topliss-reactive ketones (excluding diaryl/α,β-unsaturated/α-hetero) is 1. The van der Waals surface area contributed by atoms with Crippen LogP contribution in [-0.2, 0) is 19.1 Å². The molecule has 0 aliphatic heterocycles. The van der Waals surface area contributed by atoms with Crippen molar-refractivity contribution in [2.45, 2.75) is 52.0 Å². The number of carbonyl (C=O) groups excluding carboxylic acids is 3. The molecule has 0 saturated heterocycles. The summed E-state index contributed by atoms with van der Waals surface area (Å²) in [7, 11) is 1.29. The lowest BCUT2D eigenvalue weighted by atomic mass is 9.89. The SMILES string of the molecule is CC/C=C\C[C@H]1C(=O)CC[C@@H]1CC(=O)NC(C)C(=O)OC. The lowest BCUT2D eigenvalue weighted by Gasteiger charge is -2.18. The molecule has 1 amide bonds. The molecule has 0 aromatic carbocycles. The molecule has 5 nitrogen and oxygen atoms in total. The Morgan fingerprint density at radius 2 is 2.14 bits per heavy atom. The Hall–Kier alpha value is -1.65. The first-order valence-corrected chi connectivity index (χ1v) is 7.54. The van der Waals surface area contributed by atoms with Gasteiger partial charge in [-0.15, -0.1) is 0 Å². The molecule has 0 heterocycles. The molecule has 1 aliphatic rings. The van der Waals surface area contributed by atoms with E-state index in [0.29, 0.717) is 12.8 Å². The fourth-order valence-corrected chi connectivity index (χ4v) is 2.73. The molecule has 1 N–H and O–H groups in total. The highest BCUT2D eigenvalue weighted by Crippen LogP contribution is 2.34. The van der Waals surface area contributed by atoms with Gasteiger partial charge in [-0.1, -0.05) is 19.1 Å². The maximum Gasteiger partial charge on any atom is 0.328 e. The van der Waals surface area contributed by atoms with Crippen LogP contribution in [-0.4, -0.2) is 30.8 Å². The smallest absolute Gasteiger partial charge is 0.328 e. The number of methoxy groups -OCH3 is 1. The van der Waals surface area contributed by atoms with Gasteiger partial charge in [0.15, 0.2) is 0 Å². The highest BCUT2D eigenvalue weighted by molar-refractivity contribution is 5.87. The molecule has 3 atom stereocenters. The summed E-state index contributed by atoms with van der Waals surface area (Å²) in [5.41, 5.74) is 0. The number of ether oxygens (including phenoxy) is 1. The van der Waals surface area contributed by atoms with Crippen molar-refractivity contribution < 1.29 is 19.1 Å². The van der Waals surface area contributed by atoms with Gasteiger partial charge in [0, 0.05) is 18.8 Å². The van der Waals surface area contributed by atoms with Crippen LogP contribution in [0.5, 0.6) is 0 Å². The third kappa shape index (κ3) is 5.33. The molecular weight excluding hydrogens is 270 g/mol. The Balaban J connectivity index is 2.51. The highest BCUT2D eigenvalue weighted by Gasteiger charge is 2.35. The first kappa shape index (κ1) is 17.4. The monoisotopic (exact) mass is 295 g/mol. The van der Waals surface area contributed by atoms with Gasteiger partial charge in [-0.25, -0.2) is 4.79 Å². The second-order valence-electron chi connectivity index (χ2n) is 5.50. The number of hydrogen-bond donors (Lipinski definition) is 1. The van der Waals surface area contributed by atoms with E-state index in [0.717, 1.165) is 12.8 Å². The average Bonchev–Trinajstić information content (AvgIpc) is 2.79. The van der Waals surface area contributed by atoms with Gasteiger partial charge in [0.1, 0.15) is 11.8 Å². The minimum absolute atomic E-state index is 0.0630. The van der Waals surface area contributed by atoms with E-state index in [4.69, 9.17) is 0 Å². The third-order valence-electron chi connectivity index (χ3n) is 3.92. The topological polar surface area (TPSA) is 72.5 Å². The molecule has 118 valence electrons. The highest BCUT2D eigenvalue weighted by atomic mass is 16.5. The van der Waals surface area contributed by atoms with Crippen molar-refractivity contribution in [1.82, 2.24) is 5.32 Å². The van der Waals surface area contributed by atoms with Gasteiger partial charge in [-0.3, -0.25) is 9.59 Å². The molecule has 0 bridgehead atoms. The zero-order chi connectivity index (χ0) is 15.8. The number of amides is 1. The molecule has 5 heteroatoms. The zero-order valence-corrected chi connectivity index (χ0v) is 13.1. The molecule has 0 radical (unpaired) electrons. The van der Waals surface area contributed by atoms with E-state index < -0.39 is 12.0 Å². The van der Waals surface area contributed by atoms with Crippen LogP contribution in [0.1, 0.15) is 46.0 Å². The van der Waals surface area contributed by atoms with Gasteiger partial charge in [0.25, 0.3) is 0 Å². The maximum absolute atomic E-state index is 12.0. The quantitative estimate of drug-likeness (QED) is 0.576. The number of rotatable bonds is 7. The van der Waals surface area contributed by atoms with Crippen LogP contribution in [0, 0.1) is 11.8 Å². The van der Waals surface area contributed by atoms with Crippen LogP contribution in [0.2, 0.25) is 0 Å². The van der Waals surface area contributed by atoms with Crippen LogP contribution >= 0.6 is 0 Å². The van der Waals surface area contributed by atoms with Crippen LogP contribution in [0.15, 0.2) is 12.2 Å². The number of carbonyl (C=O) groups is 3. The van der Waals surface area contributed by atoms with E-state index in [1.807, 2.05) is 19.1 Å². The number of nitrogens with one attached hydrogen (secondary N) is 1. The van der Waals surface area contributed by atoms with Crippen molar-refractivity contribution in [1.29, 1.82) is 0 Å². The summed E-state index contributed by atoms with van der Waals surface area (Å²) in [5, 5.41) is 2.62. The second kappa shape index (κ2) is 8.60. The standard InChI is InChI=1S/C16H25NO4/c1-4-5-6-7-13-12(8-9-14(13)18)10-15(19)17-11(2)16(20)21-3/h5-6,11-13H,4,7-10H2,1-3H3,(H,17,19)/b6-5-/t11?,12-,13-/m1/s1. The van der Waals surface area contributed by atoms with Gasteiger partial charge in [0.2, 0.25) is 5.91 Å². The van der Waals surface area contributed by atoms with Gasteiger partial charge in [-0.2, -0.15) is 0 Å². The predicted octanol–water partition coefficient (Wildman–Crippen LogP) is 2.01. The Morgan fingerprint density at radius 3 is 2.76 bits per heavy atom. The molecule has 0 aromatic rings. The van der Waals surface area contributed by atoms with Gasteiger partial charge in [0.05, 0.1) is 7.11 Å². The Bertz CT molecular complexity index is 417.